The quantitative estimate of drug-likeness (QED) is 0.769. The van der Waals surface area contributed by atoms with Gasteiger partial charge in [-0.15, -0.1) is 0 Å². The fraction of sp³-hybridized carbons (Fsp3) is 0.692. The summed E-state index contributed by atoms with van der Waals surface area (Å²) < 4.78 is 5.44. The van der Waals surface area contributed by atoms with E-state index in [1.807, 2.05) is 20.1 Å². The van der Waals surface area contributed by atoms with Crippen molar-refractivity contribution in [2.24, 2.45) is 0 Å². The number of rotatable bonds is 2. The van der Waals surface area contributed by atoms with Crippen LogP contribution in [0, 0.1) is 6.92 Å². The molecule has 0 aliphatic carbocycles. The van der Waals surface area contributed by atoms with E-state index in [1.165, 1.54) is 18.7 Å². The minimum absolute atomic E-state index is 0.960. The van der Waals surface area contributed by atoms with Gasteiger partial charge in [0.2, 0.25) is 0 Å². The third-order valence-corrected chi connectivity index (χ3v) is 2.76. The van der Waals surface area contributed by atoms with Crippen molar-refractivity contribution in [3.63, 3.8) is 0 Å². The number of hydrogen-bond acceptors (Lipinski definition) is 3. The zero-order chi connectivity index (χ0) is 12.0. The van der Waals surface area contributed by atoms with Crippen molar-refractivity contribution >= 4 is 0 Å². The van der Waals surface area contributed by atoms with Crippen molar-refractivity contribution < 1.29 is 4.42 Å². The Labute approximate surface area is 99.0 Å². The largest absolute Gasteiger partial charge is 0.468 e. The topological polar surface area (TPSA) is 19.6 Å². The van der Waals surface area contributed by atoms with Crippen LogP contribution in [0.2, 0.25) is 0 Å². The molecular formula is C13H24N2O. The molecule has 0 bridgehead atoms. The molecule has 1 aromatic heterocycles. The summed E-state index contributed by atoms with van der Waals surface area (Å²) in [4.78, 5) is 4.81. The smallest absolute Gasteiger partial charge is 0.118 e. The third kappa shape index (κ3) is 3.99. The lowest BCUT2D eigenvalue weighted by atomic mass is 10.3. The highest BCUT2D eigenvalue weighted by atomic mass is 16.3. The zero-order valence-corrected chi connectivity index (χ0v) is 11.0. The lowest BCUT2D eigenvalue weighted by Crippen LogP contribution is -2.43. The molecule has 1 aliphatic heterocycles. The van der Waals surface area contributed by atoms with Crippen LogP contribution in [0.4, 0.5) is 0 Å². The highest BCUT2D eigenvalue weighted by molar-refractivity contribution is 5.10. The van der Waals surface area contributed by atoms with E-state index in [9.17, 15) is 0 Å². The standard InChI is InChI=1S/C11H18N2O.C2H6/c1-10-7-11(14-9-10)8-13-5-3-12(2)4-6-13;1-2/h7,9H,3-6,8H2,1-2H3;1-2H3. The van der Waals surface area contributed by atoms with Crippen LogP contribution in [-0.4, -0.2) is 43.0 Å². The summed E-state index contributed by atoms with van der Waals surface area (Å²) >= 11 is 0. The van der Waals surface area contributed by atoms with Gasteiger partial charge >= 0.3 is 0 Å². The first-order chi connectivity index (χ1) is 7.74. The van der Waals surface area contributed by atoms with Gasteiger partial charge in [-0.3, -0.25) is 4.90 Å². The molecular weight excluding hydrogens is 200 g/mol. The monoisotopic (exact) mass is 224 g/mol. The Kier molecular flexibility index (Phi) is 5.56. The zero-order valence-electron chi connectivity index (χ0n) is 11.0. The number of nitrogens with zero attached hydrogens (tertiary/aromatic N) is 2. The molecule has 1 fully saturated rings. The van der Waals surface area contributed by atoms with Crippen molar-refractivity contribution in [3.8, 4) is 0 Å². The van der Waals surface area contributed by atoms with Crippen LogP contribution in [-0.2, 0) is 6.54 Å². The molecule has 1 aromatic rings. The van der Waals surface area contributed by atoms with E-state index in [4.69, 9.17) is 4.42 Å². The molecule has 0 radical (unpaired) electrons. The van der Waals surface area contributed by atoms with E-state index in [0.717, 1.165) is 25.4 Å². The number of aryl methyl sites for hydroxylation is 1. The summed E-state index contributed by atoms with van der Waals surface area (Å²) in [6, 6.07) is 2.12. The second-order valence-electron chi connectivity index (χ2n) is 4.17. The Balaban J connectivity index is 0.000000606. The molecule has 16 heavy (non-hydrogen) atoms. The van der Waals surface area contributed by atoms with Crippen molar-refractivity contribution in [1.29, 1.82) is 0 Å². The molecule has 0 atom stereocenters. The fourth-order valence-electron chi connectivity index (χ4n) is 1.80. The van der Waals surface area contributed by atoms with Gasteiger partial charge in [-0.2, -0.15) is 0 Å². The minimum Gasteiger partial charge on any atom is -0.468 e. The van der Waals surface area contributed by atoms with Gasteiger partial charge in [0.05, 0.1) is 12.8 Å². The minimum atomic E-state index is 0.960. The van der Waals surface area contributed by atoms with Crippen LogP contribution >= 0.6 is 0 Å². The summed E-state index contributed by atoms with van der Waals surface area (Å²) in [6.45, 7) is 11.7. The molecule has 1 aliphatic rings. The van der Waals surface area contributed by atoms with E-state index in [0.29, 0.717) is 0 Å². The number of likely N-dealkylation sites (N-methyl/N-ethyl adjacent to an activating group) is 1. The van der Waals surface area contributed by atoms with Crippen LogP contribution in [0.1, 0.15) is 25.2 Å². The average Bonchev–Trinajstić information content (AvgIpc) is 2.70. The maximum atomic E-state index is 5.44. The van der Waals surface area contributed by atoms with E-state index in [1.54, 1.807) is 0 Å². The summed E-state index contributed by atoms with van der Waals surface area (Å²) in [5.74, 6) is 1.09. The van der Waals surface area contributed by atoms with E-state index >= 15 is 0 Å². The van der Waals surface area contributed by atoms with E-state index in [-0.39, 0.29) is 0 Å². The first-order valence-corrected chi connectivity index (χ1v) is 6.19. The van der Waals surface area contributed by atoms with Gasteiger partial charge < -0.3 is 9.32 Å². The molecule has 0 saturated carbocycles. The normalized spacial score (nSPS) is 18.0. The molecule has 92 valence electrons. The first kappa shape index (κ1) is 13.3. The van der Waals surface area contributed by atoms with Crippen molar-refractivity contribution in [2.45, 2.75) is 27.3 Å². The van der Waals surface area contributed by atoms with Crippen molar-refractivity contribution in [1.82, 2.24) is 9.80 Å². The van der Waals surface area contributed by atoms with Gasteiger partial charge in [0.15, 0.2) is 0 Å². The summed E-state index contributed by atoms with van der Waals surface area (Å²) in [5.41, 5.74) is 1.22. The van der Waals surface area contributed by atoms with Crippen molar-refractivity contribution in [3.05, 3.63) is 23.7 Å². The van der Waals surface area contributed by atoms with Gasteiger partial charge in [0, 0.05) is 26.2 Å². The molecule has 1 saturated heterocycles. The lowest BCUT2D eigenvalue weighted by Gasteiger charge is -2.31. The number of hydrogen-bond donors (Lipinski definition) is 0. The molecule has 2 rings (SSSR count). The molecule has 2 heterocycles. The average molecular weight is 224 g/mol. The summed E-state index contributed by atoms with van der Waals surface area (Å²) in [7, 11) is 2.17. The Hall–Kier alpha value is -0.800. The van der Waals surface area contributed by atoms with Gasteiger partial charge in [-0.25, -0.2) is 0 Å². The molecule has 3 nitrogen and oxygen atoms in total. The van der Waals surface area contributed by atoms with Gasteiger partial charge in [-0.1, -0.05) is 13.8 Å². The number of piperazine rings is 1. The Bertz CT molecular complexity index is 288. The maximum absolute atomic E-state index is 5.44. The number of furan rings is 1. The lowest BCUT2D eigenvalue weighted by molar-refractivity contribution is 0.140. The van der Waals surface area contributed by atoms with Gasteiger partial charge in [0.25, 0.3) is 0 Å². The van der Waals surface area contributed by atoms with Crippen molar-refractivity contribution in [2.75, 3.05) is 33.2 Å². The highest BCUT2D eigenvalue weighted by Gasteiger charge is 2.14. The second kappa shape index (κ2) is 6.71. The summed E-state index contributed by atoms with van der Waals surface area (Å²) in [5, 5.41) is 0. The van der Waals surface area contributed by atoms with Gasteiger partial charge in [0.1, 0.15) is 5.76 Å². The molecule has 0 spiro atoms. The van der Waals surface area contributed by atoms with Crippen LogP contribution in [0.3, 0.4) is 0 Å². The predicted octanol–water partition coefficient (Wildman–Crippen LogP) is 2.36. The first-order valence-electron chi connectivity index (χ1n) is 6.19. The van der Waals surface area contributed by atoms with E-state index < -0.39 is 0 Å². The third-order valence-electron chi connectivity index (χ3n) is 2.76. The Morgan fingerprint density at radius 3 is 2.31 bits per heavy atom. The fourth-order valence-corrected chi connectivity index (χ4v) is 1.80. The molecule has 0 unspecified atom stereocenters. The molecule has 0 aromatic carbocycles. The SMILES string of the molecule is CC.Cc1coc(CN2CCN(C)CC2)c1. The molecule has 0 N–H and O–H groups in total. The van der Waals surface area contributed by atoms with Crippen LogP contribution in [0.5, 0.6) is 0 Å². The van der Waals surface area contributed by atoms with Gasteiger partial charge in [-0.05, 0) is 25.6 Å². The van der Waals surface area contributed by atoms with E-state index in [2.05, 4.69) is 29.8 Å². The van der Waals surface area contributed by atoms with Crippen LogP contribution in [0.25, 0.3) is 0 Å². The molecule has 3 heteroatoms. The van der Waals surface area contributed by atoms with Crippen LogP contribution in [0.15, 0.2) is 16.7 Å². The second-order valence-corrected chi connectivity index (χ2v) is 4.17. The Morgan fingerprint density at radius 1 is 1.19 bits per heavy atom. The predicted molar refractivity (Wildman–Crippen MR) is 67.6 cm³/mol. The highest BCUT2D eigenvalue weighted by Crippen LogP contribution is 2.10. The Morgan fingerprint density at radius 2 is 1.81 bits per heavy atom. The van der Waals surface area contributed by atoms with Crippen LogP contribution < -0.4 is 0 Å². The summed E-state index contributed by atoms with van der Waals surface area (Å²) in [6.07, 6.45) is 1.82. The maximum Gasteiger partial charge on any atom is 0.118 e. The molecule has 0 amide bonds.